The van der Waals surface area contributed by atoms with E-state index in [1.54, 1.807) is 13.1 Å². The lowest BCUT2D eigenvalue weighted by Crippen LogP contribution is -2.45. The molecule has 9 heteroatoms. The maximum atomic E-state index is 12.8. The second-order valence-corrected chi connectivity index (χ2v) is 11.1. The van der Waals surface area contributed by atoms with Gasteiger partial charge in [-0.2, -0.15) is 17.4 Å². The molecule has 1 aliphatic heterocycles. The Kier molecular flexibility index (Phi) is 10.7. The van der Waals surface area contributed by atoms with Crippen molar-refractivity contribution in [3.63, 3.8) is 0 Å². The molecule has 0 amide bonds. The monoisotopic (exact) mass is 495 g/mol. The van der Waals surface area contributed by atoms with E-state index in [-0.39, 0.29) is 25.5 Å². The first-order chi connectivity index (χ1) is 16.4. The largest absolute Gasteiger partial charge is 0.454 e. The van der Waals surface area contributed by atoms with E-state index < -0.39 is 10.2 Å². The first-order valence-electron chi connectivity index (χ1n) is 12.4. The highest BCUT2D eigenvalue weighted by Gasteiger charge is 2.30. The molecule has 1 aliphatic carbocycles. The van der Waals surface area contributed by atoms with E-state index in [2.05, 4.69) is 23.2 Å². The van der Waals surface area contributed by atoms with Crippen LogP contribution in [0.5, 0.6) is 11.5 Å². The van der Waals surface area contributed by atoms with Crippen LogP contribution in [0.2, 0.25) is 0 Å². The predicted octanol–water partition coefficient (Wildman–Crippen LogP) is 3.69. The summed E-state index contributed by atoms with van der Waals surface area (Å²) in [5, 5.41) is 0. The molecule has 1 saturated carbocycles. The standard InChI is InChI=1S/C25H41N3O5S/c1-4-15-27(2)16-7-5-6-8-17-31-23-12-10-22(11-13-23)28(3)34(29,30)26-19-21-9-14-24-25(18-21)33-20-32-24/h4,9,14,18,22-23,26H,1,5-8,10-13,15-17,19-20H2,2-3H3. The first kappa shape index (κ1) is 26.9. The van der Waals surface area contributed by atoms with E-state index in [9.17, 15) is 8.42 Å². The average molecular weight is 496 g/mol. The number of rotatable bonds is 15. The molecular weight excluding hydrogens is 454 g/mol. The number of nitrogens with one attached hydrogen (secondary N) is 1. The van der Waals surface area contributed by atoms with Crippen molar-refractivity contribution in [2.24, 2.45) is 0 Å². The number of likely N-dealkylation sites (N-methyl/N-ethyl adjacent to an activating group) is 1. The third-order valence-electron chi connectivity index (χ3n) is 6.66. The van der Waals surface area contributed by atoms with Crippen LogP contribution in [-0.2, 0) is 21.5 Å². The molecule has 1 aromatic carbocycles. The molecule has 0 spiro atoms. The van der Waals surface area contributed by atoms with Gasteiger partial charge in [0.2, 0.25) is 6.79 Å². The molecule has 1 N–H and O–H groups in total. The van der Waals surface area contributed by atoms with Crippen LogP contribution in [0, 0.1) is 0 Å². The minimum Gasteiger partial charge on any atom is -0.454 e. The SMILES string of the molecule is C=CCN(C)CCCCCCOC1CCC(N(C)S(=O)(=O)NCc2ccc3c(c2)OCO3)CC1. The summed E-state index contributed by atoms with van der Waals surface area (Å²) in [6.45, 7) is 7.03. The summed E-state index contributed by atoms with van der Waals surface area (Å²) in [7, 11) is 0.223. The highest BCUT2D eigenvalue weighted by Crippen LogP contribution is 2.32. The zero-order chi connectivity index (χ0) is 24.4. The van der Waals surface area contributed by atoms with Crippen LogP contribution in [0.25, 0.3) is 0 Å². The van der Waals surface area contributed by atoms with Gasteiger partial charge in [-0.3, -0.25) is 0 Å². The molecule has 0 radical (unpaired) electrons. The van der Waals surface area contributed by atoms with E-state index in [0.29, 0.717) is 11.5 Å². The summed E-state index contributed by atoms with van der Waals surface area (Å²) in [6, 6.07) is 5.47. The van der Waals surface area contributed by atoms with Crippen molar-refractivity contribution in [1.29, 1.82) is 0 Å². The molecule has 192 valence electrons. The van der Waals surface area contributed by atoms with Crippen LogP contribution in [-0.4, -0.2) is 70.4 Å². The van der Waals surface area contributed by atoms with Crippen LogP contribution < -0.4 is 14.2 Å². The van der Waals surface area contributed by atoms with Gasteiger partial charge in [0.15, 0.2) is 11.5 Å². The van der Waals surface area contributed by atoms with Crippen molar-refractivity contribution in [3.05, 3.63) is 36.4 Å². The Morgan fingerprint density at radius 2 is 1.82 bits per heavy atom. The number of unbranched alkanes of at least 4 members (excludes halogenated alkanes) is 3. The lowest BCUT2D eigenvalue weighted by molar-refractivity contribution is 0.0155. The van der Waals surface area contributed by atoms with Crippen molar-refractivity contribution in [3.8, 4) is 11.5 Å². The molecule has 0 unspecified atom stereocenters. The third-order valence-corrected chi connectivity index (χ3v) is 8.23. The number of hydrogen-bond acceptors (Lipinski definition) is 6. The zero-order valence-corrected chi connectivity index (χ0v) is 21.5. The molecule has 0 atom stereocenters. The normalized spacial score (nSPS) is 20.2. The van der Waals surface area contributed by atoms with Crippen molar-refractivity contribution < 1.29 is 22.6 Å². The molecule has 1 fully saturated rings. The topological polar surface area (TPSA) is 80.3 Å². The number of hydrogen-bond donors (Lipinski definition) is 1. The van der Waals surface area contributed by atoms with Gasteiger partial charge in [0.1, 0.15) is 0 Å². The van der Waals surface area contributed by atoms with Crippen molar-refractivity contribution in [1.82, 2.24) is 13.9 Å². The Balaban J connectivity index is 1.30. The lowest BCUT2D eigenvalue weighted by atomic mass is 9.93. The van der Waals surface area contributed by atoms with Crippen LogP contribution in [0.1, 0.15) is 56.9 Å². The van der Waals surface area contributed by atoms with Crippen LogP contribution >= 0.6 is 0 Å². The van der Waals surface area contributed by atoms with Gasteiger partial charge < -0.3 is 19.1 Å². The fraction of sp³-hybridized carbons (Fsp3) is 0.680. The number of fused-ring (bicyclic) bond motifs is 1. The molecule has 1 heterocycles. The van der Waals surface area contributed by atoms with Gasteiger partial charge in [0.25, 0.3) is 10.2 Å². The van der Waals surface area contributed by atoms with Crippen molar-refractivity contribution in [2.45, 2.75) is 70.1 Å². The van der Waals surface area contributed by atoms with E-state index >= 15 is 0 Å². The Bertz CT molecular complexity index is 871. The van der Waals surface area contributed by atoms with Gasteiger partial charge in [0.05, 0.1) is 6.10 Å². The van der Waals surface area contributed by atoms with Gasteiger partial charge in [-0.15, -0.1) is 6.58 Å². The molecule has 3 rings (SSSR count). The molecule has 34 heavy (non-hydrogen) atoms. The lowest BCUT2D eigenvalue weighted by Gasteiger charge is -2.34. The van der Waals surface area contributed by atoms with Gasteiger partial charge >= 0.3 is 0 Å². The molecule has 8 nitrogen and oxygen atoms in total. The molecule has 2 aliphatic rings. The van der Waals surface area contributed by atoms with Gasteiger partial charge in [0, 0.05) is 32.8 Å². The highest BCUT2D eigenvalue weighted by molar-refractivity contribution is 7.87. The molecule has 1 aromatic rings. The fourth-order valence-electron chi connectivity index (χ4n) is 4.50. The summed E-state index contributed by atoms with van der Waals surface area (Å²) in [5.41, 5.74) is 0.835. The summed E-state index contributed by atoms with van der Waals surface area (Å²) < 4.78 is 46.6. The first-order valence-corrected chi connectivity index (χ1v) is 13.8. The summed E-state index contributed by atoms with van der Waals surface area (Å²) >= 11 is 0. The number of ether oxygens (including phenoxy) is 3. The number of nitrogens with zero attached hydrogens (tertiary/aromatic N) is 2. The molecular formula is C25H41N3O5S. The van der Waals surface area contributed by atoms with E-state index in [4.69, 9.17) is 14.2 Å². The predicted molar refractivity (Wildman–Crippen MR) is 134 cm³/mol. The molecule has 0 aromatic heterocycles. The van der Waals surface area contributed by atoms with Gasteiger partial charge in [-0.05, 0) is 69.8 Å². The summed E-state index contributed by atoms with van der Waals surface area (Å²) in [6.07, 6.45) is 10.3. The number of benzene rings is 1. The average Bonchev–Trinajstić information content (AvgIpc) is 3.30. The van der Waals surface area contributed by atoms with E-state index in [1.165, 1.54) is 23.6 Å². The van der Waals surface area contributed by atoms with Crippen molar-refractivity contribution in [2.75, 3.05) is 40.6 Å². The highest BCUT2D eigenvalue weighted by atomic mass is 32.2. The maximum absolute atomic E-state index is 12.8. The van der Waals surface area contributed by atoms with Crippen LogP contribution in [0.15, 0.2) is 30.9 Å². The Hall–Kier alpha value is -1.65. The summed E-state index contributed by atoms with van der Waals surface area (Å²) in [4.78, 5) is 2.28. The molecule has 0 saturated heterocycles. The fourth-order valence-corrected chi connectivity index (χ4v) is 5.65. The third kappa shape index (κ3) is 8.23. The van der Waals surface area contributed by atoms with Crippen LogP contribution in [0.3, 0.4) is 0 Å². The molecule has 0 bridgehead atoms. The minimum absolute atomic E-state index is 0.00154. The van der Waals surface area contributed by atoms with Crippen LogP contribution in [0.4, 0.5) is 0 Å². The minimum atomic E-state index is -3.57. The Morgan fingerprint density at radius 3 is 2.59 bits per heavy atom. The summed E-state index contributed by atoms with van der Waals surface area (Å²) in [5.74, 6) is 1.34. The Labute approximate surface area is 205 Å². The smallest absolute Gasteiger partial charge is 0.279 e. The van der Waals surface area contributed by atoms with E-state index in [0.717, 1.165) is 57.4 Å². The maximum Gasteiger partial charge on any atom is 0.279 e. The zero-order valence-electron chi connectivity index (χ0n) is 20.7. The van der Waals surface area contributed by atoms with Crippen molar-refractivity contribution >= 4 is 10.2 Å². The Morgan fingerprint density at radius 1 is 1.09 bits per heavy atom. The van der Waals surface area contributed by atoms with Gasteiger partial charge in [-0.1, -0.05) is 25.0 Å². The van der Waals surface area contributed by atoms with Gasteiger partial charge in [-0.25, -0.2) is 0 Å². The second-order valence-electron chi connectivity index (χ2n) is 9.30. The quantitative estimate of drug-likeness (QED) is 0.295. The van der Waals surface area contributed by atoms with E-state index in [1.807, 2.05) is 18.2 Å². The second kappa shape index (κ2) is 13.4.